The Balaban J connectivity index is 1.63. The fraction of sp³-hybridized carbons (Fsp3) is 0.714. The zero-order valence-electron chi connectivity index (χ0n) is 11.5. The molecule has 4 heterocycles. The van der Waals surface area contributed by atoms with E-state index in [9.17, 15) is 0 Å². The summed E-state index contributed by atoms with van der Waals surface area (Å²) in [7, 11) is 0. The second-order valence-corrected chi connectivity index (χ2v) is 5.48. The minimum Gasteiger partial charge on any atom is -0.478 e. The summed E-state index contributed by atoms with van der Waals surface area (Å²) in [6.07, 6.45) is 5.19. The van der Waals surface area contributed by atoms with Gasteiger partial charge in [0, 0.05) is 18.7 Å². The lowest BCUT2D eigenvalue weighted by molar-refractivity contribution is 0.0973. The first-order valence-corrected chi connectivity index (χ1v) is 7.29. The third-order valence-corrected chi connectivity index (χ3v) is 4.09. The molecule has 3 fully saturated rings. The molecule has 1 N–H and O–H groups in total. The molecule has 1 atom stereocenters. The van der Waals surface area contributed by atoms with Gasteiger partial charge in [-0.05, 0) is 38.3 Å². The van der Waals surface area contributed by atoms with E-state index in [1.807, 2.05) is 6.07 Å². The number of nitrogens with zero attached hydrogens (tertiary/aromatic N) is 3. The average Bonchev–Trinajstić information content (AvgIpc) is 2.47. The van der Waals surface area contributed by atoms with Gasteiger partial charge in [0.25, 0.3) is 0 Å². The van der Waals surface area contributed by atoms with Crippen LogP contribution >= 0.6 is 0 Å². The van der Waals surface area contributed by atoms with Crippen molar-refractivity contribution in [1.29, 1.82) is 0 Å². The molecule has 5 nitrogen and oxygen atoms in total. The van der Waals surface area contributed by atoms with Crippen LogP contribution in [0.4, 0.5) is 5.82 Å². The first-order valence-electron chi connectivity index (χ1n) is 7.29. The van der Waals surface area contributed by atoms with Crippen molar-refractivity contribution >= 4 is 5.82 Å². The molecule has 1 aromatic rings. The first kappa shape index (κ1) is 12.7. The van der Waals surface area contributed by atoms with Crippen molar-refractivity contribution in [2.24, 2.45) is 5.92 Å². The van der Waals surface area contributed by atoms with Gasteiger partial charge in [-0.3, -0.25) is 0 Å². The maximum atomic E-state index is 5.55. The number of hydrogen-bond acceptors (Lipinski definition) is 5. The third-order valence-electron chi connectivity index (χ3n) is 4.09. The lowest BCUT2D eigenvalue weighted by atomic mass is 9.84. The van der Waals surface area contributed by atoms with Crippen molar-refractivity contribution in [3.8, 4) is 5.88 Å². The molecule has 19 heavy (non-hydrogen) atoms. The van der Waals surface area contributed by atoms with E-state index in [0.29, 0.717) is 18.5 Å². The molecule has 0 saturated carbocycles. The Morgan fingerprint density at radius 3 is 2.89 bits per heavy atom. The molecule has 3 aliphatic heterocycles. The summed E-state index contributed by atoms with van der Waals surface area (Å²) in [5.41, 5.74) is 0. The molecule has 3 saturated heterocycles. The zero-order valence-corrected chi connectivity index (χ0v) is 11.5. The molecule has 0 aromatic carbocycles. The van der Waals surface area contributed by atoms with Crippen molar-refractivity contribution in [3.63, 3.8) is 0 Å². The van der Waals surface area contributed by atoms with Gasteiger partial charge in [-0.1, -0.05) is 6.92 Å². The molecular formula is C14H22N4O. The number of anilines is 1. The number of rotatable bonds is 5. The van der Waals surface area contributed by atoms with Gasteiger partial charge in [-0.15, -0.1) is 0 Å². The van der Waals surface area contributed by atoms with E-state index in [0.717, 1.165) is 24.7 Å². The summed E-state index contributed by atoms with van der Waals surface area (Å²) in [4.78, 5) is 11.0. The third kappa shape index (κ3) is 2.97. The van der Waals surface area contributed by atoms with E-state index in [1.54, 1.807) is 6.33 Å². The van der Waals surface area contributed by atoms with Crippen LogP contribution in [0.15, 0.2) is 12.4 Å². The molecular weight excluding hydrogens is 240 g/mol. The Bertz CT molecular complexity index is 418. The molecule has 0 spiro atoms. The number of nitrogens with one attached hydrogen (secondary N) is 1. The second kappa shape index (κ2) is 5.74. The number of hydrogen-bond donors (Lipinski definition) is 1. The standard InChI is InChI=1S/C14H22N4O/c1-2-7-19-14-8-13(15-10-16-14)17-12-9-18-5-3-11(12)4-6-18/h8,10-12H,2-7,9H2,1H3,(H,15,16,17). The topological polar surface area (TPSA) is 50.3 Å². The molecule has 5 heteroatoms. The fourth-order valence-electron chi connectivity index (χ4n) is 3.02. The Kier molecular flexibility index (Phi) is 3.82. The van der Waals surface area contributed by atoms with Gasteiger partial charge in [0.15, 0.2) is 0 Å². The molecule has 0 aliphatic carbocycles. The summed E-state index contributed by atoms with van der Waals surface area (Å²) in [5, 5.41) is 3.56. The van der Waals surface area contributed by atoms with E-state index in [-0.39, 0.29) is 0 Å². The van der Waals surface area contributed by atoms with E-state index >= 15 is 0 Å². The molecule has 3 aliphatic rings. The average molecular weight is 262 g/mol. The first-order chi connectivity index (χ1) is 9.35. The lowest BCUT2D eigenvalue weighted by Gasteiger charge is -2.45. The highest BCUT2D eigenvalue weighted by atomic mass is 16.5. The van der Waals surface area contributed by atoms with Crippen molar-refractivity contribution in [3.05, 3.63) is 12.4 Å². The van der Waals surface area contributed by atoms with Gasteiger partial charge in [0.05, 0.1) is 6.61 Å². The van der Waals surface area contributed by atoms with E-state index in [2.05, 4.69) is 27.1 Å². The second-order valence-electron chi connectivity index (χ2n) is 5.48. The summed E-state index contributed by atoms with van der Waals surface area (Å²) in [5.74, 6) is 2.35. The van der Waals surface area contributed by atoms with Crippen LogP contribution in [-0.4, -0.2) is 47.2 Å². The largest absolute Gasteiger partial charge is 0.478 e. The highest BCUT2D eigenvalue weighted by Crippen LogP contribution is 2.29. The monoisotopic (exact) mass is 262 g/mol. The molecule has 0 amide bonds. The highest BCUT2D eigenvalue weighted by Gasteiger charge is 2.34. The summed E-state index contributed by atoms with van der Waals surface area (Å²) >= 11 is 0. The lowest BCUT2D eigenvalue weighted by Crippen LogP contribution is -2.53. The van der Waals surface area contributed by atoms with Crippen molar-refractivity contribution in [1.82, 2.24) is 14.9 Å². The normalized spacial score (nSPS) is 29.2. The summed E-state index contributed by atoms with van der Waals surface area (Å²) in [6.45, 7) is 6.46. The molecule has 1 unspecified atom stereocenters. The SMILES string of the molecule is CCCOc1cc(NC2CN3CCC2CC3)ncn1. The van der Waals surface area contributed by atoms with Gasteiger partial charge in [0.1, 0.15) is 12.1 Å². The minimum atomic E-state index is 0.524. The van der Waals surface area contributed by atoms with Gasteiger partial charge < -0.3 is 15.0 Å². The van der Waals surface area contributed by atoms with Crippen LogP contribution in [0.3, 0.4) is 0 Å². The highest BCUT2D eigenvalue weighted by molar-refractivity contribution is 5.38. The van der Waals surface area contributed by atoms with Gasteiger partial charge in [0.2, 0.25) is 5.88 Å². The number of ether oxygens (including phenoxy) is 1. The number of piperidine rings is 3. The van der Waals surface area contributed by atoms with Crippen molar-refractivity contribution in [2.75, 3.05) is 31.6 Å². The van der Waals surface area contributed by atoms with E-state index in [1.165, 1.54) is 25.9 Å². The van der Waals surface area contributed by atoms with Crippen LogP contribution in [0.1, 0.15) is 26.2 Å². The zero-order chi connectivity index (χ0) is 13.1. The maximum absolute atomic E-state index is 5.55. The Morgan fingerprint density at radius 2 is 2.21 bits per heavy atom. The Morgan fingerprint density at radius 1 is 1.37 bits per heavy atom. The van der Waals surface area contributed by atoms with Crippen LogP contribution in [0.5, 0.6) is 5.88 Å². The minimum absolute atomic E-state index is 0.524. The number of aromatic nitrogens is 2. The molecule has 1 aromatic heterocycles. The predicted octanol–water partition coefficient (Wildman–Crippen LogP) is 1.77. The van der Waals surface area contributed by atoms with Crippen LogP contribution in [0.25, 0.3) is 0 Å². The summed E-state index contributed by atoms with van der Waals surface area (Å²) < 4.78 is 5.55. The summed E-state index contributed by atoms with van der Waals surface area (Å²) in [6, 6.07) is 2.43. The maximum Gasteiger partial charge on any atom is 0.218 e. The van der Waals surface area contributed by atoms with Crippen LogP contribution in [0, 0.1) is 5.92 Å². The number of fused-ring (bicyclic) bond motifs is 3. The van der Waals surface area contributed by atoms with E-state index < -0.39 is 0 Å². The van der Waals surface area contributed by atoms with Crippen LogP contribution in [-0.2, 0) is 0 Å². The van der Waals surface area contributed by atoms with Gasteiger partial charge in [-0.2, -0.15) is 0 Å². The van der Waals surface area contributed by atoms with Gasteiger partial charge in [-0.25, -0.2) is 9.97 Å². The van der Waals surface area contributed by atoms with Gasteiger partial charge >= 0.3 is 0 Å². The van der Waals surface area contributed by atoms with Crippen LogP contribution < -0.4 is 10.1 Å². The van der Waals surface area contributed by atoms with Crippen LogP contribution in [0.2, 0.25) is 0 Å². The molecule has 2 bridgehead atoms. The molecule has 104 valence electrons. The fourth-order valence-corrected chi connectivity index (χ4v) is 3.02. The van der Waals surface area contributed by atoms with E-state index in [4.69, 9.17) is 4.74 Å². The Labute approximate surface area is 114 Å². The smallest absolute Gasteiger partial charge is 0.218 e. The van der Waals surface area contributed by atoms with Crippen molar-refractivity contribution < 1.29 is 4.74 Å². The Hall–Kier alpha value is -1.36. The molecule has 4 rings (SSSR count). The predicted molar refractivity (Wildman–Crippen MR) is 74.4 cm³/mol. The quantitative estimate of drug-likeness (QED) is 0.876. The molecule has 0 radical (unpaired) electrons. The van der Waals surface area contributed by atoms with Crippen molar-refractivity contribution in [2.45, 2.75) is 32.2 Å².